The summed E-state index contributed by atoms with van der Waals surface area (Å²) in [5.41, 5.74) is 5.68. The molecule has 27 heavy (non-hydrogen) atoms. The minimum atomic E-state index is 0.288. The summed E-state index contributed by atoms with van der Waals surface area (Å²) in [5.74, 6) is 1.69. The van der Waals surface area contributed by atoms with Gasteiger partial charge >= 0.3 is 0 Å². The predicted octanol–water partition coefficient (Wildman–Crippen LogP) is 6.02. The highest BCUT2D eigenvalue weighted by Gasteiger charge is 2.48. The maximum Gasteiger partial charge on any atom is 0.0407 e. The van der Waals surface area contributed by atoms with Crippen molar-refractivity contribution in [3.8, 4) is 0 Å². The van der Waals surface area contributed by atoms with Gasteiger partial charge in [0.2, 0.25) is 0 Å². The van der Waals surface area contributed by atoms with Crippen LogP contribution in [-0.2, 0) is 11.8 Å². The van der Waals surface area contributed by atoms with Crippen molar-refractivity contribution in [3.05, 3.63) is 58.6 Å². The molecule has 3 heteroatoms. The third-order valence-corrected chi connectivity index (χ3v) is 7.70. The smallest absolute Gasteiger partial charge is 0.0407 e. The molecule has 5 rings (SSSR count). The number of fused-ring (bicyclic) bond motifs is 4. The second kappa shape index (κ2) is 6.53. The molecule has 2 bridgehead atoms. The third-order valence-electron chi connectivity index (χ3n) is 7.45. The number of likely N-dealkylation sites (tertiary alicyclic amines) is 1. The third kappa shape index (κ3) is 3.17. The fourth-order valence-electron chi connectivity index (χ4n) is 5.34. The average molecular weight is 381 g/mol. The van der Waals surface area contributed by atoms with E-state index >= 15 is 0 Å². The number of nitrogens with one attached hydrogen (secondary N) is 1. The van der Waals surface area contributed by atoms with Crippen molar-refractivity contribution in [2.24, 2.45) is 11.8 Å². The number of nitrogens with zero attached hydrogens (tertiary/aromatic N) is 1. The first kappa shape index (κ1) is 17.6. The lowest BCUT2D eigenvalue weighted by molar-refractivity contribution is 0.0284. The van der Waals surface area contributed by atoms with Crippen LogP contribution < -0.4 is 5.32 Å². The minimum absolute atomic E-state index is 0.288. The van der Waals surface area contributed by atoms with Gasteiger partial charge in [0, 0.05) is 29.0 Å². The van der Waals surface area contributed by atoms with Crippen molar-refractivity contribution in [1.29, 1.82) is 0 Å². The van der Waals surface area contributed by atoms with Crippen LogP contribution >= 0.6 is 11.6 Å². The van der Waals surface area contributed by atoms with Gasteiger partial charge in [-0.15, -0.1) is 0 Å². The van der Waals surface area contributed by atoms with Crippen molar-refractivity contribution in [2.75, 3.05) is 18.4 Å². The van der Waals surface area contributed by atoms with Gasteiger partial charge in [0.05, 0.1) is 0 Å². The number of hydrogen-bond acceptors (Lipinski definition) is 2. The molecule has 3 aliphatic rings. The molecule has 0 radical (unpaired) electrons. The van der Waals surface area contributed by atoms with Crippen molar-refractivity contribution in [1.82, 2.24) is 4.90 Å². The number of anilines is 2. The van der Waals surface area contributed by atoms with Crippen LogP contribution in [0.2, 0.25) is 5.02 Å². The van der Waals surface area contributed by atoms with E-state index in [1.807, 2.05) is 24.3 Å². The lowest BCUT2D eigenvalue weighted by atomic mass is 9.59. The van der Waals surface area contributed by atoms with Gasteiger partial charge in [-0.1, -0.05) is 31.5 Å². The average Bonchev–Trinajstić information content (AvgIpc) is 3.47. The van der Waals surface area contributed by atoms with E-state index in [1.165, 1.54) is 44.5 Å². The van der Waals surface area contributed by atoms with Crippen LogP contribution in [0.3, 0.4) is 0 Å². The van der Waals surface area contributed by atoms with Gasteiger partial charge in [0.1, 0.15) is 0 Å². The molecule has 0 spiro atoms. The van der Waals surface area contributed by atoms with Gasteiger partial charge in [0.15, 0.2) is 0 Å². The highest BCUT2D eigenvalue weighted by molar-refractivity contribution is 6.30. The first-order valence-electron chi connectivity index (χ1n) is 10.4. The molecule has 1 aliphatic heterocycles. The van der Waals surface area contributed by atoms with Crippen molar-refractivity contribution < 1.29 is 0 Å². The summed E-state index contributed by atoms with van der Waals surface area (Å²) in [6.07, 6.45) is 5.38. The summed E-state index contributed by atoms with van der Waals surface area (Å²) < 4.78 is 0. The Kier molecular flexibility index (Phi) is 4.25. The molecular formula is C24H29ClN2. The fourth-order valence-corrected chi connectivity index (χ4v) is 5.47. The number of halogens is 1. The standard InChI is InChI=1S/C24H29ClN2/c1-16-23-13-18-5-8-21(26-20-9-6-19(25)7-10-20)14-22(18)24(16,2)11-12-27(23)15-17-3-4-17/h5-10,14,16-17,23,26H,3-4,11-13,15H2,1-2H3/t16-,23?,24-/m0/s1. The van der Waals surface area contributed by atoms with E-state index in [4.69, 9.17) is 11.6 Å². The molecule has 2 nitrogen and oxygen atoms in total. The molecule has 3 atom stereocenters. The highest BCUT2D eigenvalue weighted by Crippen LogP contribution is 2.50. The van der Waals surface area contributed by atoms with Crippen LogP contribution in [0, 0.1) is 11.8 Å². The normalized spacial score (nSPS) is 30.0. The maximum atomic E-state index is 6.02. The Morgan fingerprint density at radius 1 is 1.11 bits per heavy atom. The summed E-state index contributed by atoms with van der Waals surface area (Å²) in [5, 5.41) is 4.34. The Hall–Kier alpha value is -1.51. The summed E-state index contributed by atoms with van der Waals surface area (Å²) in [6.45, 7) is 7.59. The zero-order valence-electron chi connectivity index (χ0n) is 16.3. The quantitative estimate of drug-likeness (QED) is 0.697. The van der Waals surface area contributed by atoms with E-state index in [9.17, 15) is 0 Å². The molecule has 1 N–H and O–H groups in total. The van der Waals surface area contributed by atoms with Crippen LogP contribution in [0.5, 0.6) is 0 Å². The Morgan fingerprint density at radius 3 is 2.59 bits per heavy atom. The molecule has 0 amide bonds. The number of rotatable bonds is 4. The highest BCUT2D eigenvalue weighted by atomic mass is 35.5. The molecule has 142 valence electrons. The molecule has 1 heterocycles. The summed E-state index contributed by atoms with van der Waals surface area (Å²) >= 11 is 6.02. The molecule has 1 saturated carbocycles. The van der Waals surface area contributed by atoms with E-state index in [1.54, 1.807) is 11.1 Å². The zero-order chi connectivity index (χ0) is 18.6. The van der Waals surface area contributed by atoms with E-state index < -0.39 is 0 Å². The molecule has 1 saturated heterocycles. The lowest BCUT2D eigenvalue weighted by Gasteiger charge is -2.55. The zero-order valence-corrected chi connectivity index (χ0v) is 17.1. The van der Waals surface area contributed by atoms with Crippen molar-refractivity contribution in [3.63, 3.8) is 0 Å². The topological polar surface area (TPSA) is 15.3 Å². The monoisotopic (exact) mass is 380 g/mol. The molecule has 1 unspecified atom stereocenters. The fraction of sp³-hybridized carbons (Fsp3) is 0.500. The lowest BCUT2D eigenvalue weighted by Crippen LogP contribution is -2.58. The largest absolute Gasteiger partial charge is 0.356 e. The first-order chi connectivity index (χ1) is 13.0. The van der Waals surface area contributed by atoms with E-state index in [0.717, 1.165) is 16.6 Å². The predicted molar refractivity (Wildman–Crippen MR) is 114 cm³/mol. The Bertz CT molecular complexity index is 842. The number of piperidine rings is 1. The van der Waals surface area contributed by atoms with Gasteiger partial charge in [0.25, 0.3) is 0 Å². The Labute approximate surface area is 167 Å². The number of hydrogen-bond donors (Lipinski definition) is 1. The van der Waals surface area contributed by atoms with Crippen molar-refractivity contribution in [2.45, 2.75) is 51.0 Å². The van der Waals surface area contributed by atoms with Gasteiger partial charge in [-0.2, -0.15) is 0 Å². The van der Waals surface area contributed by atoms with Gasteiger partial charge in [-0.3, -0.25) is 4.90 Å². The summed E-state index contributed by atoms with van der Waals surface area (Å²) in [4.78, 5) is 2.81. The van der Waals surface area contributed by atoms with Crippen LogP contribution in [0.4, 0.5) is 11.4 Å². The molecule has 2 fully saturated rings. The first-order valence-corrected chi connectivity index (χ1v) is 10.8. The van der Waals surface area contributed by atoms with Crippen LogP contribution in [0.15, 0.2) is 42.5 Å². The molecule has 2 aliphatic carbocycles. The molecule has 0 aromatic heterocycles. The maximum absolute atomic E-state index is 6.02. The molecule has 2 aromatic carbocycles. The molecule has 2 aromatic rings. The number of benzene rings is 2. The van der Waals surface area contributed by atoms with Gasteiger partial charge in [-0.05, 0) is 97.0 Å². The second-order valence-corrected chi connectivity index (χ2v) is 9.61. The van der Waals surface area contributed by atoms with Crippen LogP contribution in [0.25, 0.3) is 0 Å². The van der Waals surface area contributed by atoms with Gasteiger partial charge in [-0.25, -0.2) is 0 Å². The van der Waals surface area contributed by atoms with Crippen molar-refractivity contribution >= 4 is 23.0 Å². The van der Waals surface area contributed by atoms with E-state index in [-0.39, 0.29) is 5.41 Å². The van der Waals surface area contributed by atoms with E-state index in [0.29, 0.717) is 12.0 Å². The molecular weight excluding hydrogens is 352 g/mol. The summed E-state index contributed by atoms with van der Waals surface area (Å²) in [6, 6.07) is 15.7. The van der Waals surface area contributed by atoms with Crippen LogP contribution in [-0.4, -0.2) is 24.0 Å². The van der Waals surface area contributed by atoms with Crippen LogP contribution in [0.1, 0.15) is 44.2 Å². The van der Waals surface area contributed by atoms with E-state index in [2.05, 4.69) is 42.3 Å². The Morgan fingerprint density at radius 2 is 1.85 bits per heavy atom. The minimum Gasteiger partial charge on any atom is -0.356 e. The summed E-state index contributed by atoms with van der Waals surface area (Å²) in [7, 11) is 0. The SMILES string of the molecule is C[C@H]1C2Cc3ccc(Nc4ccc(Cl)cc4)cc3[C@@]1(C)CCN2CC1CC1. The second-order valence-electron chi connectivity index (χ2n) is 9.17. The van der Waals surface area contributed by atoms with Gasteiger partial charge < -0.3 is 5.32 Å². The Balaban J connectivity index is 1.43.